The predicted molar refractivity (Wildman–Crippen MR) is 159 cm³/mol. The van der Waals surface area contributed by atoms with E-state index in [0.29, 0.717) is 0 Å². The van der Waals surface area contributed by atoms with Crippen molar-refractivity contribution in [2.75, 3.05) is 7.11 Å². The minimum absolute atomic E-state index is 0.759. The molecule has 1 unspecified atom stereocenters. The van der Waals surface area contributed by atoms with Gasteiger partial charge in [0.25, 0.3) is 0 Å². The molecule has 0 aliphatic heterocycles. The summed E-state index contributed by atoms with van der Waals surface area (Å²) >= 11 is 0. The predicted octanol–water partition coefficient (Wildman–Crippen LogP) is 10.3. The quantitative estimate of drug-likeness (QED) is 0.234. The summed E-state index contributed by atoms with van der Waals surface area (Å²) in [4.78, 5) is 0. The summed E-state index contributed by atoms with van der Waals surface area (Å²) in [7, 11) is -0.117. The zero-order chi connectivity index (χ0) is 27.3. The van der Waals surface area contributed by atoms with Crippen molar-refractivity contribution in [3.8, 4) is 22.6 Å². The minimum Gasteiger partial charge on any atom is -0.497 e. The van der Waals surface area contributed by atoms with Crippen molar-refractivity contribution in [1.29, 1.82) is 0 Å². The summed E-state index contributed by atoms with van der Waals surface area (Å²) in [5, 5.41) is 1.93. The molecule has 1 heterocycles. The van der Waals surface area contributed by atoms with Gasteiger partial charge in [-0.1, -0.05) is 29.8 Å². The Kier molecular flexibility index (Phi) is 6.79. The zero-order valence-corrected chi connectivity index (χ0v) is 24.6. The highest BCUT2D eigenvalue weighted by Gasteiger charge is 2.19. The molecule has 0 saturated carbocycles. The first-order valence-corrected chi connectivity index (χ1v) is 14.0. The third kappa shape index (κ3) is 4.70. The molecular formula is C33H35O4P. The van der Waals surface area contributed by atoms with Crippen molar-refractivity contribution in [3.63, 3.8) is 0 Å². The van der Waals surface area contributed by atoms with Crippen LogP contribution in [0.25, 0.3) is 33.1 Å². The first kappa shape index (κ1) is 26.0. The van der Waals surface area contributed by atoms with Crippen LogP contribution in [0.3, 0.4) is 0 Å². The Labute approximate surface area is 225 Å². The molecule has 4 nitrogen and oxygen atoms in total. The van der Waals surface area contributed by atoms with E-state index in [-0.39, 0.29) is 0 Å². The summed E-state index contributed by atoms with van der Waals surface area (Å²) in [5.41, 5.74) is 12.9. The summed E-state index contributed by atoms with van der Waals surface area (Å²) < 4.78 is 25.5. The number of methoxy groups -OCH3 is 1. The van der Waals surface area contributed by atoms with Gasteiger partial charge in [-0.3, -0.25) is 0 Å². The molecule has 0 saturated heterocycles. The third-order valence-corrected chi connectivity index (χ3v) is 8.21. The number of benzene rings is 4. The van der Waals surface area contributed by atoms with Gasteiger partial charge in [-0.15, -0.1) is 0 Å². The van der Waals surface area contributed by atoms with Gasteiger partial charge in [-0.25, -0.2) is 0 Å². The van der Waals surface area contributed by atoms with Crippen LogP contribution < -0.4 is 9.26 Å². The Balaban J connectivity index is 1.83. The molecule has 0 aliphatic rings. The molecule has 196 valence electrons. The lowest BCUT2D eigenvalue weighted by molar-refractivity contribution is 0.415. The average Bonchev–Trinajstić information content (AvgIpc) is 3.00. The molecular weight excluding hydrogens is 491 g/mol. The number of rotatable bonds is 4. The largest absolute Gasteiger partial charge is 0.497 e. The van der Waals surface area contributed by atoms with E-state index in [9.17, 15) is 0 Å². The van der Waals surface area contributed by atoms with Gasteiger partial charge in [0.2, 0.25) is 0 Å². The van der Waals surface area contributed by atoms with Crippen molar-refractivity contribution in [1.82, 2.24) is 0 Å². The highest BCUT2D eigenvalue weighted by molar-refractivity contribution is 7.32. The number of ether oxygens (including phenoxy) is 1. The van der Waals surface area contributed by atoms with Gasteiger partial charge >= 0.3 is 8.24 Å². The Morgan fingerprint density at radius 2 is 1.08 bits per heavy atom. The Hall–Kier alpha value is -3.62. The highest BCUT2D eigenvalue weighted by atomic mass is 31.1. The van der Waals surface area contributed by atoms with E-state index in [4.69, 9.17) is 17.7 Å². The van der Waals surface area contributed by atoms with Crippen molar-refractivity contribution < 1.29 is 17.7 Å². The van der Waals surface area contributed by atoms with Crippen LogP contribution >= 0.6 is 8.24 Å². The molecule has 5 aromatic rings. The summed E-state index contributed by atoms with van der Waals surface area (Å²) in [6, 6.07) is 17.1. The van der Waals surface area contributed by atoms with Crippen LogP contribution in [0.5, 0.6) is 11.5 Å². The van der Waals surface area contributed by atoms with Gasteiger partial charge in [-0.2, -0.15) is 0 Å². The van der Waals surface area contributed by atoms with Crippen LogP contribution in [0.4, 0.5) is 0 Å². The van der Waals surface area contributed by atoms with Crippen LogP contribution in [0.15, 0.2) is 56.9 Å². The van der Waals surface area contributed by atoms with Crippen molar-refractivity contribution in [2.45, 2.75) is 55.4 Å². The monoisotopic (exact) mass is 526 g/mol. The number of hydrogen-bond donors (Lipinski definition) is 0. The molecule has 0 bridgehead atoms. The second kappa shape index (κ2) is 9.93. The van der Waals surface area contributed by atoms with Crippen LogP contribution in [-0.4, -0.2) is 7.11 Å². The van der Waals surface area contributed by atoms with Gasteiger partial charge in [0, 0.05) is 16.3 Å². The molecule has 38 heavy (non-hydrogen) atoms. The number of hydrogen-bond acceptors (Lipinski definition) is 4. The molecule has 1 atom stereocenters. The lowest BCUT2D eigenvalue weighted by atomic mass is 9.92. The fourth-order valence-electron chi connectivity index (χ4n) is 5.33. The van der Waals surface area contributed by atoms with Crippen molar-refractivity contribution >= 4 is 30.2 Å². The van der Waals surface area contributed by atoms with Crippen LogP contribution in [0.1, 0.15) is 44.5 Å². The molecule has 0 N–H and O–H groups in total. The first-order valence-electron chi connectivity index (χ1n) is 12.9. The highest BCUT2D eigenvalue weighted by Crippen LogP contribution is 2.45. The second-order valence-corrected chi connectivity index (χ2v) is 11.5. The first-order chi connectivity index (χ1) is 18.0. The molecule has 4 aromatic carbocycles. The van der Waals surface area contributed by atoms with E-state index in [1.807, 2.05) is 19.1 Å². The van der Waals surface area contributed by atoms with E-state index in [2.05, 4.69) is 84.9 Å². The number of fused-ring (bicyclic) bond motifs is 3. The summed E-state index contributed by atoms with van der Waals surface area (Å²) in [6.45, 7) is 16.9. The fourth-order valence-corrected chi connectivity index (χ4v) is 6.62. The number of aryl methyl sites for hydroxylation is 7. The maximum atomic E-state index is 6.74. The molecule has 0 fully saturated rings. The van der Waals surface area contributed by atoms with Gasteiger partial charge < -0.3 is 17.7 Å². The van der Waals surface area contributed by atoms with E-state index in [1.54, 1.807) is 7.11 Å². The maximum absolute atomic E-state index is 6.74. The van der Waals surface area contributed by atoms with Gasteiger partial charge in [0.05, 0.1) is 7.11 Å². The van der Waals surface area contributed by atoms with E-state index < -0.39 is 8.24 Å². The van der Waals surface area contributed by atoms with Gasteiger partial charge in [0.15, 0.2) is 0 Å². The maximum Gasteiger partial charge on any atom is 0.453 e. The smallest absolute Gasteiger partial charge is 0.453 e. The van der Waals surface area contributed by atoms with Crippen molar-refractivity contribution in [2.24, 2.45) is 0 Å². The van der Waals surface area contributed by atoms with Crippen LogP contribution in [0.2, 0.25) is 0 Å². The topological polar surface area (TPSA) is 44.7 Å². The Bertz CT molecular complexity index is 1760. The second-order valence-electron chi connectivity index (χ2n) is 10.5. The fraction of sp³-hybridized carbons (Fsp3) is 0.273. The van der Waals surface area contributed by atoms with E-state index >= 15 is 0 Å². The molecule has 0 radical (unpaired) electrons. The molecule has 5 heteroatoms. The average molecular weight is 527 g/mol. The minimum atomic E-state index is -1.80. The lowest BCUT2D eigenvalue weighted by Crippen LogP contribution is -1.95. The van der Waals surface area contributed by atoms with Crippen molar-refractivity contribution in [3.05, 3.63) is 93.0 Å². The van der Waals surface area contributed by atoms with Crippen LogP contribution in [-0.2, 0) is 0 Å². The van der Waals surface area contributed by atoms with Gasteiger partial charge in [0.1, 0.15) is 22.7 Å². The van der Waals surface area contributed by atoms with Gasteiger partial charge in [-0.05, 0) is 124 Å². The summed E-state index contributed by atoms with van der Waals surface area (Å²) in [5.74, 6) is 1.57. The SMILES string of the molecule is COc1cc(C)c2op(Oc3c(C)cc(C)cc3-c3cc(C)cc(C)c3C)oc3c(C)cc(C)cc3c2c1. The lowest BCUT2D eigenvalue weighted by Gasteiger charge is -2.17. The molecule has 0 spiro atoms. The van der Waals surface area contributed by atoms with Crippen LogP contribution in [0, 0.1) is 55.4 Å². The normalized spacial score (nSPS) is 11.8. The Morgan fingerprint density at radius 3 is 1.74 bits per heavy atom. The van der Waals surface area contributed by atoms with E-state index in [1.165, 1.54) is 27.8 Å². The van der Waals surface area contributed by atoms with E-state index in [0.717, 1.165) is 61.3 Å². The molecule has 0 aliphatic carbocycles. The zero-order valence-electron chi connectivity index (χ0n) is 23.7. The molecule has 0 amide bonds. The molecule has 1 aromatic heterocycles. The standard InChI is InChI=1S/C33H35O4P/c1-18-10-21(4)25(8)27(13-18)28-14-19(2)11-22(5)31(28)35-38-36-32-23(6)12-20(3)15-29(32)30-17-26(34-9)16-24(7)33(30)37-38/h10-17H,1-9H3. The Morgan fingerprint density at radius 1 is 0.553 bits per heavy atom. The third-order valence-electron chi connectivity index (χ3n) is 7.21. The molecule has 5 rings (SSSR count). The summed E-state index contributed by atoms with van der Waals surface area (Å²) in [6.07, 6.45) is 0.